The molecule has 0 aromatic carbocycles. The van der Waals surface area contributed by atoms with Gasteiger partial charge in [0.1, 0.15) is 0 Å². The summed E-state index contributed by atoms with van der Waals surface area (Å²) >= 11 is 0. The van der Waals surface area contributed by atoms with Crippen molar-refractivity contribution in [2.24, 2.45) is 10.9 Å². The summed E-state index contributed by atoms with van der Waals surface area (Å²) in [5.41, 5.74) is 0. The Balaban J connectivity index is 2.32. The van der Waals surface area contributed by atoms with Gasteiger partial charge in [0, 0.05) is 38.6 Å². The second kappa shape index (κ2) is 8.82. The number of amides is 1. The van der Waals surface area contributed by atoms with Crippen molar-refractivity contribution in [2.45, 2.75) is 52.5 Å². The molecule has 5 heteroatoms. The lowest BCUT2D eigenvalue weighted by Crippen LogP contribution is -2.45. The fourth-order valence-electron chi connectivity index (χ4n) is 2.41. The molecule has 1 fully saturated rings. The summed E-state index contributed by atoms with van der Waals surface area (Å²) in [5, 5.41) is 6.74. The van der Waals surface area contributed by atoms with Crippen LogP contribution < -0.4 is 10.6 Å². The van der Waals surface area contributed by atoms with E-state index in [4.69, 9.17) is 0 Å². The van der Waals surface area contributed by atoms with Crippen molar-refractivity contribution in [3.63, 3.8) is 0 Å². The molecule has 1 aliphatic heterocycles. The second-order valence-electron chi connectivity index (χ2n) is 5.77. The predicted molar refractivity (Wildman–Crippen MR) is 83.8 cm³/mol. The van der Waals surface area contributed by atoms with Crippen LogP contribution in [0.15, 0.2) is 4.99 Å². The summed E-state index contributed by atoms with van der Waals surface area (Å²) in [6, 6.07) is 0.315. The standard InChI is InChI=1S/C15H30N4O/c1-5-6-7-9-17-15(16-4)18-13-8-10-19(11-13)14(20)12(2)3/h12-13H,5-11H2,1-4H3,(H2,16,17,18). The highest BCUT2D eigenvalue weighted by Gasteiger charge is 2.27. The highest BCUT2D eigenvalue weighted by atomic mass is 16.2. The highest BCUT2D eigenvalue weighted by molar-refractivity contribution is 5.81. The minimum absolute atomic E-state index is 0.0835. The van der Waals surface area contributed by atoms with Gasteiger partial charge >= 0.3 is 0 Å². The molecule has 1 heterocycles. The Labute approximate surface area is 123 Å². The first-order valence-electron chi connectivity index (χ1n) is 7.84. The van der Waals surface area contributed by atoms with Gasteiger partial charge in [0.15, 0.2) is 5.96 Å². The van der Waals surface area contributed by atoms with E-state index in [1.54, 1.807) is 7.05 Å². The molecule has 116 valence electrons. The first-order valence-corrected chi connectivity index (χ1v) is 7.84. The maximum Gasteiger partial charge on any atom is 0.225 e. The third kappa shape index (κ3) is 5.39. The number of carbonyl (C=O) groups is 1. The monoisotopic (exact) mass is 282 g/mol. The van der Waals surface area contributed by atoms with Crippen LogP contribution in [-0.4, -0.2) is 49.5 Å². The first-order chi connectivity index (χ1) is 9.58. The number of guanidine groups is 1. The number of rotatable bonds is 6. The minimum Gasteiger partial charge on any atom is -0.356 e. The van der Waals surface area contributed by atoms with Crippen molar-refractivity contribution < 1.29 is 4.79 Å². The van der Waals surface area contributed by atoms with Gasteiger partial charge in [-0.3, -0.25) is 9.79 Å². The number of hydrogen-bond donors (Lipinski definition) is 2. The van der Waals surface area contributed by atoms with Gasteiger partial charge in [0.05, 0.1) is 0 Å². The minimum atomic E-state index is 0.0835. The van der Waals surface area contributed by atoms with Crippen molar-refractivity contribution in [1.82, 2.24) is 15.5 Å². The molecule has 1 rings (SSSR count). The topological polar surface area (TPSA) is 56.7 Å². The third-order valence-corrected chi connectivity index (χ3v) is 3.63. The molecule has 0 saturated carbocycles. The quantitative estimate of drug-likeness (QED) is 0.442. The lowest BCUT2D eigenvalue weighted by molar-refractivity contribution is -0.133. The van der Waals surface area contributed by atoms with Crippen LogP contribution in [0.3, 0.4) is 0 Å². The lowest BCUT2D eigenvalue weighted by Gasteiger charge is -2.20. The van der Waals surface area contributed by atoms with Gasteiger partial charge in [-0.05, 0) is 12.8 Å². The van der Waals surface area contributed by atoms with Crippen LogP contribution in [-0.2, 0) is 4.79 Å². The van der Waals surface area contributed by atoms with Gasteiger partial charge in [-0.25, -0.2) is 0 Å². The zero-order valence-electron chi connectivity index (χ0n) is 13.4. The molecule has 20 heavy (non-hydrogen) atoms. The molecule has 1 saturated heterocycles. The molecular weight excluding hydrogens is 252 g/mol. The van der Waals surface area contributed by atoms with E-state index in [0.717, 1.165) is 32.0 Å². The molecule has 0 radical (unpaired) electrons. The molecule has 5 nitrogen and oxygen atoms in total. The van der Waals surface area contributed by atoms with Crippen LogP contribution in [0.4, 0.5) is 0 Å². The summed E-state index contributed by atoms with van der Waals surface area (Å²) in [4.78, 5) is 18.1. The Bertz CT molecular complexity index is 328. The van der Waals surface area contributed by atoms with Crippen molar-refractivity contribution in [2.75, 3.05) is 26.7 Å². The average molecular weight is 282 g/mol. The van der Waals surface area contributed by atoms with E-state index in [2.05, 4.69) is 22.5 Å². The zero-order chi connectivity index (χ0) is 15.0. The molecule has 0 aromatic heterocycles. The summed E-state index contributed by atoms with van der Waals surface area (Å²) in [5.74, 6) is 1.19. The fraction of sp³-hybridized carbons (Fsp3) is 0.867. The van der Waals surface area contributed by atoms with Crippen molar-refractivity contribution >= 4 is 11.9 Å². The zero-order valence-corrected chi connectivity index (χ0v) is 13.4. The van der Waals surface area contributed by atoms with Crippen LogP contribution in [0, 0.1) is 5.92 Å². The molecule has 1 atom stereocenters. The van der Waals surface area contributed by atoms with Crippen LogP contribution in [0.2, 0.25) is 0 Å². The van der Waals surface area contributed by atoms with Crippen LogP contribution >= 0.6 is 0 Å². The van der Waals surface area contributed by atoms with Gasteiger partial charge in [-0.2, -0.15) is 0 Å². The Kier molecular flexibility index (Phi) is 7.41. The molecule has 0 spiro atoms. The van der Waals surface area contributed by atoms with Crippen LogP contribution in [0.5, 0.6) is 0 Å². The van der Waals surface area contributed by atoms with E-state index >= 15 is 0 Å². The Hall–Kier alpha value is -1.26. The molecule has 1 aliphatic rings. The Morgan fingerprint density at radius 1 is 1.40 bits per heavy atom. The maximum atomic E-state index is 11.9. The van der Waals surface area contributed by atoms with E-state index in [1.807, 2.05) is 18.7 Å². The number of carbonyl (C=O) groups excluding carboxylic acids is 1. The molecule has 0 aliphatic carbocycles. The van der Waals surface area contributed by atoms with Gasteiger partial charge in [0.25, 0.3) is 0 Å². The van der Waals surface area contributed by atoms with Crippen molar-refractivity contribution in [1.29, 1.82) is 0 Å². The maximum absolute atomic E-state index is 11.9. The molecule has 2 N–H and O–H groups in total. The predicted octanol–water partition coefficient (Wildman–Crippen LogP) is 1.60. The first kappa shape index (κ1) is 16.8. The number of nitrogens with zero attached hydrogens (tertiary/aromatic N) is 2. The average Bonchev–Trinajstić information content (AvgIpc) is 2.89. The van der Waals surface area contributed by atoms with Gasteiger partial charge < -0.3 is 15.5 Å². The normalized spacial score (nSPS) is 19.6. The van der Waals surface area contributed by atoms with Gasteiger partial charge in [0.2, 0.25) is 5.91 Å². The van der Waals surface area contributed by atoms with Gasteiger partial charge in [-0.15, -0.1) is 0 Å². The summed E-state index contributed by atoms with van der Waals surface area (Å²) < 4.78 is 0. The molecule has 0 bridgehead atoms. The van der Waals surface area contributed by atoms with E-state index in [0.29, 0.717) is 6.04 Å². The smallest absolute Gasteiger partial charge is 0.225 e. The van der Waals surface area contributed by atoms with Crippen molar-refractivity contribution in [3.05, 3.63) is 0 Å². The molecule has 1 amide bonds. The summed E-state index contributed by atoms with van der Waals surface area (Å²) in [6.45, 7) is 8.70. The molecule has 0 aromatic rings. The SMILES string of the molecule is CCCCCNC(=NC)NC1CCN(C(=O)C(C)C)C1. The summed E-state index contributed by atoms with van der Waals surface area (Å²) in [7, 11) is 1.79. The van der Waals surface area contributed by atoms with Gasteiger partial charge in [-0.1, -0.05) is 33.6 Å². The Morgan fingerprint density at radius 3 is 2.75 bits per heavy atom. The lowest BCUT2D eigenvalue weighted by atomic mass is 10.2. The van der Waals surface area contributed by atoms with E-state index in [1.165, 1.54) is 19.3 Å². The highest BCUT2D eigenvalue weighted by Crippen LogP contribution is 2.12. The second-order valence-corrected chi connectivity index (χ2v) is 5.77. The molecule has 1 unspecified atom stereocenters. The van der Waals surface area contributed by atoms with E-state index < -0.39 is 0 Å². The summed E-state index contributed by atoms with van der Waals surface area (Å²) in [6.07, 6.45) is 4.63. The fourth-order valence-corrected chi connectivity index (χ4v) is 2.41. The number of aliphatic imine (C=N–C) groups is 1. The number of hydrogen-bond acceptors (Lipinski definition) is 2. The van der Waals surface area contributed by atoms with E-state index in [9.17, 15) is 4.79 Å². The Morgan fingerprint density at radius 2 is 2.15 bits per heavy atom. The number of nitrogens with one attached hydrogen (secondary N) is 2. The third-order valence-electron chi connectivity index (χ3n) is 3.63. The number of unbranched alkanes of at least 4 members (excludes halogenated alkanes) is 2. The van der Waals surface area contributed by atoms with Crippen LogP contribution in [0.25, 0.3) is 0 Å². The molecular formula is C15H30N4O. The number of likely N-dealkylation sites (tertiary alicyclic amines) is 1. The van der Waals surface area contributed by atoms with Crippen molar-refractivity contribution in [3.8, 4) is 0 Å². The largest absolute Gasteiger partial charge is 0.356 e. The van der Waals surface area contributed by atoms with Crippen LogP contribution in [0.1, 0.15) is 46.5 Å². The van der Waals surface area contributed by atoms with E-state index in [-0.39, 0.29) is 11.8 Å².